The van der Waals surface area contributed by atoms with E-state index in [1.54, 1.807) is 23.5 Å². The van der Waals surface area contributed by atoms with Gasteiger partial charge in [-0.2, -0.15) is 0 Å². The Labute approximate surface area is 106 Å². The number of halogens is 2. The molecule has 2 rings (SSSR count). The molecule has 2 N–H and O–H groups in total. The summed E-state index contributed by atoms with van der Waals surface area (Å²) in [6.45, 7) is 2.01. The summed E-state index contributed by atoms with van der Waals surface area (Å²) < 4.78 is 14.5. The minimum absolute atomic E-state index is 0.264. The predicted octanol–water partition coefficient (Wildman–Crippen LogP) is 4.01. The standard InChI is InChI=1S/C12H11BrFNS/c1-7-4-8(6-16-7)12(15)10-5-9(13)2-3-11(10)14/h2-6,12H,15H2,1H3. The van der Waals surface area contributed by atoms with E-state index in [0.717, 1.165) is 10.0 Å². The average Bonchev–Trinajstić information content (AvgIpc) is 2.67. The topological polar surface area (TPSA) is 26.0 Å². The van der Waals surface area contributed by atoms with E-state index in [1.807, 2.05) is 18.4 Å². The van der Waals surface area contributed by atoms with Crippen LogP contribution in [0.3, 0.4) is 0 Å². The van der Waals surface area contributed by atoms with Gasteiger partial charge in [0.1, 0.15) is 5.82 Å². The Balaban J connectivity index is 2.40. The van der Waals surface area contributed by atoms with Crippen LogP contribution in [0.5, 0.6) is 0 Å². The van der Waals surface area contributed by atoms with Crippen LogP contribution in [-0.2, 0) is 0 Å². The molecule has 0 aliphatic rings. The maximum absolute atomic E-state index is 13.6. The maximum atomic E-state index is 13.6. The van der Waals surface area contributed by atoms with E-state index in [4.69, 9.17) is 5.73 Å². The lowest BCUT2D eigenvalue weighted by molar-refractivity contribution is 0.599. The summed E-state index contributed by atoms with van der Waals surface area (Å²) in [5.41, 5.74) is 7.52. The molecule has 0 bridgehead atoms. The number of hydrogen-bond donors (Lipinski definition) is 1. The van der Waals surface area contributed by atoms with Gasteiger partial charge in [0.15, 0.2) is 0 Å². The number of aryl methyl sites for hydroxylation is 1. The predicted molar refractivity (Wildman–Crippen MR) is 69.2 cm³/mol. The summed E-state index contributed by atoms with van der Waals surface area (Å²) in [6.07, 6.45) is 0. The largest absolute Gasteiger partial charge is 0.320 e. The highest BCUT2D eigenvalue weighted by Gasteiger charge is 2.14. The third kappa shape index (κ3) is 2.34. The number of benzene rings is 1. The summed E-state index contributed by atoms with van der Waals surface area (Å²) in [5, 5.41) is 1.97. The van der Waals surface area contributed by atoms with Crippen LogP contribution in [0.15, 0.2) is 34.1 Å². The number of rotatable bonds is 2. The summed E-state index contributed by atoms with van der Waals surface area (Å²) >= 11 is 4.95. The van der Waals surface area contributed by atoms with Crippen molar-refractivity contribution in [2.75, 3.05) is 0 Å². The Morgan fingerprint density at radius 3 is 2.75 bits per heavy atom. The van der Waals surface area contributed by atoms with Crippen molar-refractivity contribution in [3.63, 3.8) is 0 Å². The van der Waals surface area contributed by atoms with E-state index >= 15 is 0 Å². The van der Waals surface area contributed by atoms with Crippen LogP contribution in [0.4, 0.5) is 4.39 Å². The molecule has 1 unspecified atom stereocenters. The van der Waals surface area contributed by atoms with Gasteiger partial charge in [0, 0.05) is 14.9 Å². The molecule has 1 aromatic carbocycles. The molecule has 4 heteroatoms. The molecule has 2 aromatic rings. The summed E-state index contributed by atoms with van der Waals surface area (Å²) in [4.78, 5) is 1.18. The molecule has 1 nitrogen and oxygen atoms in total. The number of thiophene rings is 1. The lowest BCUT2D eigenvalue weighted by Crippen LogP contribution is -2.12. The van der Waals surface area contributed by atoms with Crippen molar-refractivity contribution in [2.45, 2.75) is 13.0 Å². The summed E-state index contributed by atoms with van der Waals surface area (Å²) in [7, 11) is 0. The highest BCUT2D eigenvalue weighted by molar-refractivity contribution is 9.10. The molecular formula is C12H11BrFNS. The Morgan fingerprint density at radius 1 is 1.38 bits per heavy atom. The second-order valence-electron chi connectivity index (χ2n) is 3.63. The average molecular weight is 300 g/mol. The first-order valence-electron chi connectivity index (χ1n) is 4.83. The highest BCUT2D eigenvalue weighted by Crippen LogP contribution is 2.27. The fourth-order valence-electron chi connectivity index (χ4n) is 1.56. The van der Waals surface area contributed by atoms with Crippen molar-refractivity contribution >= 4 is 27.3 Å². The first-order chi connectivity index (χ1) is 7.58. The fourth-order valence-corrected chi connectivity index (χ4v) is 2.68. The van der Waals surface area contributed by atoms with Crippen LogP contribution in [0.1, 0.15) is 22.0 Å². The van der Waals surface area contributed by atoms with Gasteiger partial charge in [0.25, 0.3) is 0 Å². The molecule has 1 heterocycles. The van der Waals surface area contributed by atoms with Gasteiger partial charge in [-0.1, -0.05) is 15.9 Å². The molecule has 0 saturated heterocycles. The van der Waals surface area contributed by atoms with E-state index in [0.29, 0.717) is 5.56 Å². The fraction of sp³-hybridized carbons (Fsp3) is 0.167. The Kier molecular flexibility index (Phi) is 3.42. The number of nitrogens with two attached hydrogens (primary N) is 1. The van der Waals surface area contributed by atoms with Crippen LogP contribution in [-0.4, -0.2) is 0 Å². The molecule has 0 radical (unpaired) electrons. The van der Waals surface area contributed by atoms with Gasteiger partial charge < -0.3 is 5.73 Å². The van der Waals surface area contributed by atoms with Crippen LogP contribution in [0.2, 0.25) is 0 Å². The van der Waals surface area contributed by atoms with E-state index in [2.05, 4.69) is 15.9 Å². The van der Waals surface area contributed by atoms with Gasteiger partial charge in [0.05, 0.1) is 6.04 Å². The van der Waals surface area contributed by atoms with Crippen molar-refractivity contribution in [1.29, 1.82) is 0 Å². The van der Waals surface area contributed by atoms with Crippen molar-refractivity contribution in [1.82, 2.24) is 0 Å². The Hall–Kier alpha value is -0.710. The van der Waals surface area contributed by atoms with E-state index < -0.39 is 6.04 Å². The minimum atomic E-state index is -0.401. The third-order valence-corrected chi connectivity index (χ3v) is 3.78. The van der Waals surface area contributed by atoms with Gasteiger partial charge in [-0.25, -0.2) is 4.39 Å². The first-order valence-corrected chi connectivity index (χ1v) is 6.51. The quantitative estimate of drug-likeness (QED) is 0.891. The van der Waals surface area contributed by atoms with Crippen molar-refractivity contribution in [2.24, 2.45) is 5.73 Å². The maximum Gasteiger partial charge on any atom is 0.128 e. The van der Waals surface area contributed by atoms with Crippen molar-refractivity contribution in [3.8, 4) is 0 Å². The monoisotopic (exact) mass is 299 g/mol. The zero-order valence-electron chi connectivity index (χ0n) is 8.71. The van der Waals surface area contributed by atoms with Crippen LogP contribution < -0.4 is 5.73 Å². The highest BCUT2D eigenvalue weighted by atomic mass is 79.9. The van der Waals surface area contributed by atoms with E-state index in [9.17, 15) is 4.39 Å². The molecule has 16 heavy (non-hydrogen) atoms. The molecule has 0 saturated carbocycles. The second-order valence-corrected chi connectivity index (χ2v) is 5.67. The van der Waals surface area contributed by atoms with Gasteiger partial charge in [-0.05, 0) is 42.1 Å². The molecule has 0 amide bonds. The third-order valence-electron chi connectivity index (χ3n) is 2.40. The lowest BCUT2D eigenvalue weighted by atomic mass is 10.0. The summed E-state index contributed by atoms with van der Waals surface area (Å²) in [5.74, 6) is -0.264. The van der Waals surface area contributed by atoms with E-state index in [1.165, 1.54) is 10.9 Å². The van der Waals surface area contributed by atoms with Crippen LogP contribution in [0, 0.1) is 12.7 Å². The molecular weight excluding hydrogens is 289 g/mol. The van der Waals surface area contributed by atoms with Gasteiger partial charge in [0.2, 0.25) is 0 Å². The lowest BCUT2D eigenvalue weighted by Gasteiger charge is -2.11. The molecule has 1 atom stereocenters. The minimum Gasteiger partial charge on any atom is -0.320 e. The molecule has 0 aliphatic carbocycles. The SMILES string of the molecule is Cc1cc(C(N)c2cc(Br)ccc2F)cs1. The molecule has 0 fully saturated rings. The zero-order chi connectivity index (χ0) is 11.7. The normalized spacial score (nSPS) is 12.8. The van der Waals surface area contributed by atoms with Gasteiger partial charge in [-0.3, -0.25) is 0 Å². The van der Waals surface area contributed by atoms with Crippen LogP contribution >= 0.6 is 27.3 Å². The van der Waals surface area contributed by atoms with Crippen molar-refractivity contribution < 1.29 is 4.39 Å². The van der Waals surface area contributed by atoms with Gasteiger partial charge in [-0.15, -0.1) is 11.3 Å². The Bertz CT molecular complexity index is 509. The second kappa shape index (κ2) is 4.65. The van der Waals surface area contributed by atoms with E-state index in [-0.39, 0.29) is 5.82 Å². The van der Waals surface area contributed by atoms with Crippen molar-refractivity contribution in [3.05, 3.63) is 55.9 Å². The molecule has 0 aliphatic heterocycles. The van der Waals surface area contributed by atoms with Gasteiger partial charge >= 0.3 is 0 Å². The molecule has 1 aromatic heterocycles. The molecule has 0 spiro atoms. The Morgan fingerprint density at radius 2 is 2.12 bits per heavy atom. The number of hydrogen-bond acceptors (Lipinski definition) is 2. The zero-order valence-corrected chi connectivity index (χ0v) is 11.1. The van der Waals surface area contributed by atoms with Crippen LogP contribution in [0.25, 0.3) is 0 Å². The molecule has 84 valence electrons. The first kappa shape index (κ1) is 11.8. The summed E-state index contributed by atoms with van der Waals surface area (Å²) in [6, 6.07) is 6.42. The smallest absolute Gasteiger partial charge is 0.128 e.